The molecule has 2 saturated heterocycles. The van der Waals surface area contributed by atoms with Gasteiger partial charge in [0.25, 0.3) is 0 Å². The minimum absolute atomic E-state index is 0. The van der Waals surface area contributed by atoms with Gasteiger partial charge >= 0.3 is 6.09 Å². The number of aliphatic imine (C=N–C) groups is 1. The summed E-state index contributed by atoms with van der Waals surface area (Å²) in [5, 5.41) is 6.56. The summed E-state index contributed by atoms with van der Waals surface area (Å²) in [6, 6.07) is 11.4. The van der Waals surface area contributed by atoms with E-state index in [0.29, 0.717) is 12.0 Å². The van der Waals surface area contributed by atoms with Crippen LogP contribution in [0.25, 0.3) is 0 Å². The summed E-state index contributed by atoms with van der Waals surface area (Å²) in [5.74, 6) is 1.52. The van der Waals surface area contributed by atoms with Gasteiger partial charge in [0.1, 0.15) is 5.60 Å². The summed E-state index contributed by atoms with van der Waals surface area (Å²) < 4.78 is 5.38. The van der Waals surface area contributed by atoms with E-state index < -0.39 is 5.60 Å². The van der Waals surface area contributed by atoms with Crippen molar-refractivity contribution in [3.8, 4) is 0 Å². The molecule has 0 radical (unpaired) electrons. The van der Waals surface area contributed by atoms with Crippen molar-refractivity contribution in [3.05, 3.63) is 35.9 Å². The number of amides is 1. The van der Waals surface area contributed by atoms with Crippen LogP contribution in [0.15, 0.2) is 35.3 Å². The molecule has 0 aromatic heterocycles. The average Bonchev–Trinajstić information content (AvgIpc) is 3.28. The first-order valence-electron chi connectivity index (χ1n) is 11.5. The lowest BCUT2D eigenvalue weighted by atomic mass is 10.1. The molecule has 2 aliphatic rings. The smallest absolute Gasteiger partial charge is 0.407 e. The van der Waals surface area contributed by atoms with Crippen LogP contribution < -0.4 is 10.6 Å². The highest BCUT2D eigenvalue weighted by Crippen LogP contribution is 2.24. The molecule has 0 bridgehead atoms. The van der Waals surface area contributed by atoms with Crippen LogP contribution in [0.2, 0.25) is 0 Å². The standard InChI is InChI=1S/C24H39N5O2.HI/c1-18-13-20(16-29(18)15-19-9-7-6-8-10-19)14-26-22(25-5)28-12-11-21(17-28)27-23(30)31-24(2,3)4;/h6-10,18,20-21H,11-17H2,1-5H3,(H,25,26)(H,27,30);1H/t18?,20?,21-;/m1./s1. The fourth-order valence-corrected chi connectivity index (χ4v) is 4.52. The van der Waals surface area contributed by atoms with Gasteiger partial charge < -0.3 is 20.3 Å². The molecule has 1 aromatic carbocycles. The van der Waals surface area contributed by atoms with Gasteiger partial charge in [0.15, 0.2) is 5.96 Å². The quantitative estimate of drug-likeness (QED) is 0.329. The zero-order valence-corrected chi connectivity index (χ0v) is 22.5. The van der Waals surface area contributed by atoms with Crippen molar-refractivity contribution < 1.29 is 9.53 Å². The number of benzene rings is 1. The molecule has 2 fully saturated rings. The molecule has 1 amide bonds. The second-order valence-electron chi connectivity index (χ2n) is 9.87. The van der Waals surface area contributed by atoms with Gasteiger partial charge in [-0.15, -0.1) is 24.0 Å². The first-order chi connectivity index (χ1) is 14.7. The summed E-state index contributed by atoms with van der Waals surface area (Å²) in [6.07, 6.45) is 1.74. The van der Waals surface area contributed by atoms with Crippen LogP contribution in [0.4, 0.5) is 4.79 Å². The van der Waals surface area contributed by atoms with Crippen molar-refractivity contribution in [2.45, 2.75) is 64.8 Å². The highest BCUT2D eigenvalue weighted by molar-refractivity contribution is 14.0. The number of alkyl carbamates (subject to hydrolysis) is 1. The number of carbonyl (C=O) groups excluding carboxylic acids is 1. The molecule has 1 aromatic rings. The zero-order valence-electron chi connectivity index (χ0n) is 20.1. The number of nitrogens with one attached hydrogen (secondary N) is 2. The van der Waals surface area contributed by atoms with Crippen molar-refractivity contribution in [2.24, 2.45) is 10.9 Å². The van der Waals surface area contributed by atoms with Crippen LogP contribution in [-0.2, 0) is 11.3 Å². The van der Waals surface area contributed by atoms with Crippen LogP contribution in [-0.4, -0.2) is 72.8 Å². The predicted molar refractivity (Wildman–Crippen MR) is 141 cm³/mol. The van der Waals surface area contributed by atoms with Crippen molar-refractivity contribution in [1.29, 1.82) is 0 Å². The van der Waals surface area contributed by atoms with E-state index in [1.54, 1.807) is 0 Å². The van der Waals surface area contributed by atoms with Gasteiger partial charge in [-0.05, 0) is 52.0 Å². The maximum Gasteiger partial charge on any atom is 0.407 e. The van der Waals surface area contributed by atoms with Gasteiger partial charge in [0.05, 0.1) is 6.04 Å². The molecule has 2 unspecified atom stereocenters. The first-order valence-corrected chi connectivity index (χ1v) is 11.5. The Morgan fingerprint density at radius 1 is 1.22 bits per heavy atom. The molecule has 0 saturated carbocycles. The van der Waals surface area contributed by atoms with E-state index in [2.05, 4.69) is 62.7 Å². The largest absolute Gasteiger partial charge is 0.444 e. The number of guanidine groups is 1. The normalized spacial score (nSPS) is 24.2. The SMILES string of the molecule is CN=C(NCC1CC(C)N(Cc2ccccc2)C1)N1CC[C@@H](NC(=O)OC(C)(C)C)C1.I. The summed E-state index contributed by atoms with van der Waals surface area (Å²) in [4.78, 5) is 21.3. The minimum Gasteiger partial charge on any atom is -0.444 e. The maximum absolute atomic E-state index is 12.1. The third kappa shape index (κ3) is 8.10. The van der Waals surface area contributed by atoms with Crippen molar-refractivity contribution >= 4 is 36.0 Å². The number of hydrogen-bond acceptors (Lipinski definition) is 4. The van der Waals surface area contributed by atoms with Gasteiger partial charge in [-0.1, -0.05) is 30.3 Å². The highest BCUT2D eigenvalue weighted by Gasteiger charge is 2.31. The van der Waals surface area contributed by atoms with E-state index in [9.17, 15) is 4.79 Å². The van der Waals surface area contributed by atoms with E-state index in [4.69, 9.17) is 4.74 Å². The van der Waals surface area contributed by atoms with Crippen molar-refractivity contribution in [3.63, 3.8) is 0 Å². The Balaban J connectivity index is 0.00000363. The topological polar surface area (TPSA) is 69.2 Å². The Kier molecular flexibility index (Phi) is 10.1. The van der Waals surface area contributed by atoms with Crippen LogP contribution in [0, 0.1) is 5.92 Å². The zero-order chi connectivity index (χ0) is 22.4. The Hall–Kier alpha value is -1.55. The van der Waals surface area contributed by atoms with E-state index in [1.807, 2.05) is 27.8 Å². The van der Waals surface area contributed by atoms with Crippen LogP contribution in [0.3, 0.4) is 0 Å². The molecule has 0 aliphatic carbocycles. The summed E-state index contributed by atoms with van der Waals surface area (Å²) in [7, 11) is 1.83. The lowest BCUT2D eigenvalue weighted by Gasteiger charge is -2.24. The number of likely N-dealkylation sites (tertiary alicyclic amines) is 2. The van der Waals surface area contributed by atoms with Crippen LogP contribution in [0.1, 0.15) is 46.1 Å². The minimum atomic E-state index is -0.479. The fourth-order valence-electron chi connectivity index (χ4n) is 4.52. The van der Waals surface area contributed by atoms with Crippen LogP contribution >= 0.6 is 24.0 Å². The Morgan fingerprint density at radius 3 is 2.59 bits per heavy atom. The molecule has 2 aliphatic heterocycles. The number of carbonyl (C=O) groups is 1. The molecule has 32 heavy (non-hydrogen) atoms. The first kappa shape index (κ1) is 26.7. The predicted octanol–water partition coefficient (Wildman–Crippen LogP) is 3.69. The van der Waals surface area contributed by atoms with Gasteiger partial charge in [-0.25, -0.2) is 4.79 Å². The molecule has 0 spiro atoms. The monoisotopic (exact) mass is 557 g/mol. The molecular formula is C24H40IN5O2. The van der Waals surface area contributed by atoms with Crippen LogP contribution in [0.5, 0.6) is 0 Å². The second kappa shape index (κ2) is 12.1. The number of ether oxygens (including phenoxy) is 1. The number of hydrogen-bond donors (Lipinski definition) is 2. The summed E-state index contributed by atoms with van der Waals surface area (Å²) in [5.41, 5.74) is 0.895. The Bertz CT molecular complexity index is 753. The summed E-state index contributed by atoms with van der Waals surface area (Å²) in [6.45, 7) is 12.6. The Morgan fingerprint density at radius 2 is 1.94 bits per heavy atom. The summed E-state index contributed by atoms with van der Waals surface area (Å²) >= 11 is 0. The van der Waals surface area contributed by atoms with E-state index in [0.717, 1.165) is 45.1 Å². The lowest BCUT2D eigenvalue weighted by Crippen LogP contribution is -2.45. The van der Waals surface area contributed by atoms with Crippen molar-refractivity contribution in [1.82, 2.24) is 20.4 Å². The van der Waals surface area contributed by atoms with E-state index >= 15 is 0 Å². The Labute approximate surface area is 210 Å². The number of rotatable bonds is 5. The number of nitrogens with zero attached hydrogens (tertiary/aromatic N) is 3. The van der Waals surface area contributed by atoms with E-state index in [1.165, 1.54) is 12.0 Å². The van der Waals surface area contributed by atoms with Crippen molar-refractivity contribution in [2.75, 3.05) is 33.2 Å². The molecule has 2 N–H and O–H groups in total. The maximum atomic E-state index is 12.1. The number of halogens is 1. The molecule has 3 atom stereocenters. The molecular weight excluding hydrogens is 517 g/mol. The van der Waals surface area contributed by atoms with Gasteiger partial charge in [0.2, 0.25) is 0 Å². The fraction of sp³-hybridized carbons (Fsp3) is 0.667. The second-order valence-corrected chi connectivity index (χ2v) is 9.87. The third-order valence-electron chi connectivity index (χ3n) is 5.99. The average molecular weight is 558 g/mol. The molecule has 8 heteroatoms. The molecule has 7 nitrogen and oxygen atoms in total. The van der Waals surface area contributed by atoms with Gasteiger partial charge in [0, 0.05) is 45.8 Å². The van der Waals surface area contributed by atoms with Gasteiger partial charge in [-0.2, -0.15) is 0 Å². The highest BCUT2D eigenvalue weighted by atomic mass is 127. The molecule has 3 rings (SSSR count). The van der Waals surface area contributed by atoms with Gasteiger partial charge in [-0.3, -0.25) is 9.89 Å². The third-order valence-corrected chi connectivity index (χ3v) is 5.99. The molecule has 180 valence electrons. The van der Waals surface area contributed by atoms with E-state index in [-0.39, 0.29) is 36.1 Å². The lowest BCUT2D eigenvalue weighted by molar-refractivity contribution is 0.0507. The molecule has 2 heterocycles.